The minimum Gasteiger partial charge on any atom is -0.480 e. The average Bonchev–Trinajstić information content (AvgIpc) is 2.57. The number of carboxylic acid groups (broad SMARTS) is 1. The topological polar surface area (TPSA) is 103 Å². The zero-order valence-electron chi connectivity index (χ0n) is 11.0. The first kappa shape index (κ1) is 14.7. The first-order valence-electron chi connectivity index (χ1n) is 5.27. The molecule has 2 N–H and O–H groups in total. The van der Waals surface area contributed by atoms with Crippen molar-refractivity contribution in [2.45, 2.75) is 38.1 Å². The molecular formula is C10H17N3O4S. The number of aryl methyl sites for hydroxylation is 2. The molecule has 0 saturated carbocycles. The van der Waals surface area contributed by atoms with E-state index in [1.165, 1.54) is 20.9 Å². The lowest BCUT2D eigenvalue weighted by Crippen LogP contribution is -2.50. The van der Waals surface area contributed by atoms with Crippen LogP contribution in [0.15, 0.2) is 4.90 Å². The summed E-state index contributed by atoms with van der Waals surface area (Å²) in [5.74, 6) is -1.22. The summed E-state index contributed by atoms with van der Waals surface area (Å²) >= 11 is 0. The molecule has 0 amide bonds. The molecule has 1 aromatic rings. The molecule has 0 saturated heterocycles. The molecule has 0 aliphatic heterocycles. The van der Waals surface area contributed by atoms with Gasteiger partial charge in [-0.05, 0) is 27.7 Å². The Hall–Kier alpha value is -1.41. The summed E-state index contributed by atoms with van der Waals surface area (Å²) in [6.07, 6.45) is 0. The van der Waals surface area contributed by atoms with Gasteiger partial charge in [-0.3, -0.25) is 9.89 Å². The second-order valence-corrected chi connectivity index (χ2v) is 6.51. The number of hydrogen-bond acceptors (Lipinski definition) is 4. The van der Waals surface area contributed by atoms with E-state index in [9.17, 15) is 13.2 Å². The molecule has 0 spiro atoms. The van der Waals surface area contributed by atoms with Crippen LogP contribution in [0.3, 0.4) is 0 Å². The molecule has 7 nitrogen and oxygen atoms in total. The van der Waals surface area contributed by atoms with Gasteiger partial charge < -0.3 is 5.11 Å². The molecule has 18 heavy (non-hydrogen) atoms. The number of aromatic amines is 1. The summed E-state index contributed by atoms with van der Waals surface area (Å²) in [6.45, 7) is 5.79. The molecule has 1 aromatic heterocycles. The summed E-state index contributed by atoms with van der Waals surface area (Å²) in [5, 5.41) is 15.5. The van der Waals surface area contributed by atoms with Gasteiger partial charge in [-0.2, -0.15) is 9.40 Å². The lowest BCUT2D eigenvalue weighted by Gasteiger charge is -2.30. The summed E-state index contributed by atoms with van der Waals surface area (Å²) in [6, 6.07) is 0. The van der Waals surface area contributed by atoms with E-state index in [1.54, 1.807) is 13.8 Å². The van der Waals surface area contributed by atoms with Gasteiger partial charge in [0.1, 0.15) is 10.4 Å². The van der Waals surface area contributed by atoms with Crippen molar-refractivity contribution in [3.05, 3.63) is 11.4 Å². The van der Waals surface area contributed by atoms with Crippen LogP contribution in [0, 0.1) is 13.8 Å². The van der Waals surface area contributed by atoms with E-state index in [-0.39, 0.29) is 4.90 Å². The Balaban J connectivity index is 3.37. The fraction of sp³-hybridized carbons (Fsp3) is 0.600. The van der Waals surface area contributed by atoms with Gasteiger partial charge in [0, 0.05) is 7.05 Å². The minimum absolute atomic E-state index is 0.0272. The monoisotopic (exact) mass is 275 g/mol. The molecule has 102 valence electrons. The predicted octanol–water partition coefficient (Wildman–Crippen LogP) is 0.510. The number of carboxylic acids is 1. The predicted molar refractivity (Wildman–Crippen MR) is 64.7 cm³/mol. The van der Waals surface area contributed by atoms with Gasteiger partial charge in [-0.15, -0.1) is 0 Å². The first-order valence-corrected chi connectivity index (χ1v) is 6.71. The van der Waals surface area contributed by atoms with Crippen LogP contribution in [0.25, 0.3) is 0 Å². The average molecular weight is 275 g/mol. The summed E-state index contributed by atoms with van der Waals surface area (Å²) < 4.78 is 25.6. The molecule has 0 aromatic carbocycles. The normalized spacial score (nSPS) is 13.0. The zero-order valence-corrected chi connectivity index (χ0v) is 11.8. The molecule has 0 unspecified atom stereocenters. The summed E-state index contributed by atoms with van der Waals surface area (Å²) in [4.78, 5) is 11.1. The summed E-state index contributed by atoms with van der Waals surface area (Å²) in [5.41, 5.74) is -0.823. The van der Waals surface area contributed by atoms with Crippen LogP contribution in [0.2, 0.25) is 0 Å². The van der Waals surface area contributed by atoms with E-state index in [0.29, 0.717) is 11.4 Å². The Bertz CT molecular complexity index is 554. The Morgan fingerprint density at radius 3 is 2.22 bits per heavy atom. The van der Waals surface area contributed by atoms with Crippen LogP contribution < -0.4 is 0 Å². The number of H-pyrrole nitrogens is 1. The smallest absolute Gasteiger partial charge is 0.324 e. The van der Waals surface area contributed by atoms with E-state index in [1.807, 2.05) is 0 Å². The number of nitrogens with zero attached hydrogens (tertiary/aromatic N) is 2. The van der Waals surface area contributed by atoms with Crippen molar-refractivity contribution < 1.29 is 18.3 Å². The number of likely N-dealkylation sites (N-methyl/N-ethyl adjacent to an activating group) is 1. The Kier molecular flexibility index (Phi) is 3.55. The van der Waals surface area contributed by atoms with E-state index in [0.717, 1.165) is 4.31 Å². The van der Waals surface area contributed by atoms with Crippen molar-refractivity contribution in [3.63, 3.8) is 0 Å². The van der Waals surface area contributed by atoms with Gasteiger partial charge in [0.15, 0.2) is 0 Å². The molecular weight excluding hydrogens is 258 g/mol. The van der Waals surface area contributed by atoms with E-state index in [2.05, 4.69) is 10.2 Å². The molecule has 0 atom stereocenters. The minimum atomic E-state index is -3.90. The lowest BCUT2D eigenvalue weighted by atomic mass is 10.1. The van der Waals surface area contributed by atoms with Crippen molar-refractivity contribution in [1.29, 1.82) is 0 Å². The van der Waals surface area contributed by atoms with Crippen LogP contribution in [-0.4, -0.2) is 46.6 Å². The van der Waals surface area contributed by atoms with Gasteiger partial charge in [-0.25, -0.2) is 8.42 Å². The summed E-state index contributed by atoms with van der Waals surface area (Å²) in [7, 11) is -2.66. The highest BCUT2D eigenvalue weighted by Gasteiger charge is 2.41. The largest absolute Gasteiger partial charge is 0.480 e. The zero-order chi connectivity index (χ0) is 14.3. The first-order chi connectivity index (χ1) is 8.02. The highest BCUT2D eigenvalue weighted by molar-refractivity contribution is 7.89. The molecule has 1 heterocycles. The maximum Gasteiger partial charge on any atom is 0.324 e. The third kappa shape index (κ3) is 2.13. The highest BCUT2D eigenvalue weighted by Crippen LogP contribution is 2.26. The van der Waals surface area contributed by atoms with Gasteiger partial charge >= 0.3 is 5.97 Å². The standard InChI is InChI=1S/C10H17N3O4S/c1-6-8(7(2)12-11-6)18(16,17)13(5)10(3,4)9(14)15/h1-5H3,(H,11,12)(H,14,15). The third-order valence-corrected chi connectivity index (χ3v) is 5.28. The maximum atomic E-state index is 12.4. The van der Waals surface area contributed by atoms with E-state index >= 15 is 0 Å². The van der Waals surface area contributed by atoms with E-state index in [4.69, 9.17) is 5.11 Å². The number of rotatable bonds is 4. The Labute approximate surface area is 106 Å². The fourth-order valence-electron chi connectivity index (χ4n) is 1.49. The lowest BCUT2D eigenvalue weighted by molar-refractivity contribution is -0.145. The van der Waals surface area contributed by atoms with Gasteiger partial charge in [0.05, 0.1) is 11.4 Å². The van der Waals surface area contributed by atoms with Crippen molar-refractivity contribution >= 4 is 16.0 Å². The van der Waals surface area contributed by atoms with Crippen molar-refractivity contribution in [1.82, 2.24) is 14.5 Å². The molecule has 0 bridgehead atoms. The molecule has 0 aliphatic rings. The van der Waals surface area contributed by atoms with Crippen LogP contribution in [0.4, 0.5) is 0 Å². The molecule has 8 heteroatoms. The highest BCUT2D eigenvalue weighted by atomic mass is 32.2. The van der Waals surface area contributed by atoms with Crippen LogP contribution >= 0.6 is 0 Å². The molecule has 1 rings (SSSR count). The number of hydrogen-bond donors (Lipinski definition) is 2. The second kappa shape index (κ2) is 4.36. The number of sulfonamides is 1. The Morgan fingerprint density at radius 1 is 1.39 bits per heavy atom. The van der Waals surface area contributed by atoms with Crippen LogP contribution in [-0.2, 0) is 14.8 Å². The number of nitrogens with one attached hydrogen (secondary N) is 1. The number of aromatic nitrogens is 2. The molecule has 0 fully saturated rings. The SMILES string of the molecule is Cc1n[nH]c(C)c1S(=O)(=O)N(C)C(C)(C)C(=O)O. The van der Waals surface area contributed by atoms with Gasteiger partial charge in [-0.1, -0.05) is 0 Å². The maximum absolute atomic E-state index is 12.4. The second-order valence-electron chi connectivity index (χ2n) is 4.60. The fourth-order valence-corrected chi connectivity index (χ4v) is 3.30. The van der Waals surface area contributed by atoms with Crippen LogP contribution in [0.1, 0.15) is 25.2 Å². The number of carbonyl (C=O) groups is 1. The van der Waals surface area contributed by atoms with E-state index < -0.39 is 21.5 Å². The van der Waals surface area contributed by atoms with Crippen molar-refractivity contribution in [2.75, 3.05) is 7.05 Å². The van der Waals surface area contributed by atoms with Crippen molar-refractivity contribution in [3.8, 4) is 0 Å². The number of aliphatic carboxylic acids is 1. The molecule has 0 aliphatic carbocycles. The van der Waals surface area contributed by atoms with Crippen molar-refractivity contribution in [2.24, 2.45) is 0 Å². The quantitative estimate of drug-likeness (QED) is 0.833. The van der Waals surface area contributed by atoms with Crippen LogP contribution in [0.5, 0.6) is 0 Å². The molecule has 0 radical (unpaired) electrons. The third-order valence-electron chi connectivity index (χ3n) is 2.99. The van der Waals surface area contributed by atoms with Gasteiger partial charge in [0.2, 0.25) is 10.0 Å². The Morgan fingerprint density at radius 2 is 1.89 bits per heavy atom. The van der Waals surface area contributed by atoms with Gasteiger partial charge in [0.25, 0.3) is 0 Å².